The first-order valence-corrected chi connectivity index (χ1v) is 7.64. The molecule has 0 saturated carbocycles. The fraction of sp³-hybridized carbons (Fsp3) is 0.333. The van der Waals surface area contributed by atoms with Gasteiger partial charge < -0.3 is 19.9 Å². The van der Waals surface area contributed by atoms with Crippen molar-refractivity contribution in [2.24, 2.45) is 0 Å². The van der Waals surface area contributed by atoms with E-state index in [0.717, 1.165) is 5.56 Å². The number of halogens is 1. The van der Waals surface area contributed by atoms with Gasteiger partial charge in [-0.3, -0.25) is 0 Å². The van der Waals surface area contributed by atoms with Crippen molar-refractivity contribution in [2.45, 2.75) is 13.2 Å². The molecule has 0 aliphatic carbocycles. The highest BCUT2D eigenvalue weighted by molar-refractivity contribution is 5.29. The third-order valence-electron chi connectivity index (χ3n) is 3.24. The number of nitrogens with one attached hydrogen (secondary N) is 1. The van der Waals surface area contributed by atoms with Crippen LogP contribution in [0.2, 0.25) is 0 Å². The van der Waals surface area contributed by atoms with Crippen LogP contribution < -0.4 is 10.1 Å². The molecule has 0 unspecified atom stereocenters. The molecule has 0 amide bonds. The van der Waals surface area contributed by atoms with E-state index in [1.807, 2.05) is 24.3 Å². The van der Waals surface area contributed by atoms with Crippen LogP contribution in [0.5, 0.6) is 5.75 Å². The van der Waals surface area contributed by atoms with E-state index in [2.05, 4.69) is 5.32 Å². The molecule has 0 radical (unpaired) electrons. The van der Waals surface area contributed by atoms with E-state index in [4.69, 9.17) is 14.6 Å². The van der Waals surface area contributed by atoms with Gasteiger partial charge in [-0.15, -0.1) is 0 Å². The van der Waals surface area contributed by atoms with Crippen molar-refractivity contribution >= 4 is 0 Å². The van der Waals surface area contributed by atoms with Gasteiger partial charge >= 0.3 is 0 Å². The topological polar surface area (TPSA) is 50.7 Å². The van der Waals surface area contributed by atoms with Crippen molar-refractivity contribution < 1.29 is 19.0 Å². The van der Waals surface area contributed by atoms with Crippen molar-refractivity contribution in [3.63, 3.8) is 0 Å². The summed E-state index contributed by atoms with van der Waals surface area (Å²) < 4.78 is 24.4. The first-order valence-electron chi connectivity index (χ1n) is 7.64. The second-order valence-corrected chi connectivity index (χ2v) is 5.04. The molecule has 23 heavy (non-hydrogen) atoms. The van der Waals surface area contributed by atoms with Crippen molar-refractivity contribution in [2.75, 3.05) is 26.4 Å². The molecule has 0 bridgehead atoms. The number of benzene rings is 2. The molecule has 0 heterocycles. The van der Waals surface area contributed by atoms with Crippen LogP contribution in [-0.4, -0.2) is 31.5 Å². The van der Waals surface area contributed by atoms with Gasteiger partial charge in [0.2, 0.25) is 0 Å². The maximum Gasteiger partial charge on any atom is 0.129 e. The van der Waals surface area contributed by atoms with E-state index in [9.17, 15) is 4.39 Å². The number of hydrogen-bond donors (Lipinski definition) is 2. The summed E-state index contributed by atoms with van der Waals surface area (Å²) in [7, 11) is 0. The Bertz CT molecular complexity index is 592. The molecule has 0 aliphatic heterocycles. The number of rotatable bonds is 10. The summed E-state index contributed by atoms with van der Waals surface area (Å²) in [4.78, 5) is 0. The molecule has 2 aromatic carbocycles. The van der Waals surface area contributed by atoms with E-state index in [1.54, 1.807) is 18.2 Å². The molecular formula is C18H22FNO3. The highest BCUT2D eigenvalue weighted by Crippen LogP contribution is 2.16. The Labute approximate surface area is 135 Å². The molecule has 2 rings (SSSR count). The van der Waals surface area contributed by atoms with Gasteiger partial charge in [-0.1, -0.05) is 30.3 Å². The maximum atomic E-state index is 13.5. The fourth-order valence-electron chi connectivity index (χ4n) is 2.07. The lowest BCUT2D eigenvalue weighted by Crippen LogP contribution is -2.20. The summed E-state index contributed by atoms with van der Waals surface area (Å²) in [6.45, 7) is 2.57. The van der Waals surface area contributed by atoms with Gasteiger partial charge in [0.05, 0.1) is 19.8 Å². The van der Waals surface area contributed by atoms with E-state index in [-0.39, 0.29) is 19.0 Å². The van der Waals surface area contributed by atoms with Gasteiger partial charge in [-0.05, 0) is 23.8 Å². The van der Waals surface area contributed by atoms with E-state index >= 15 is 0 Å². The van der Waals surface area contributed by atoms with Gasteiger partial charge in [0.15, 0.2) is 0 Å². The minimum absolute atomic E-state index is 0.0430. The Morgan fingerprint density at radius 2 is 1.91 bits per heavy atom. The van der Waals surface area contributed by atoms with Gasteiger partial charge in [0.25, 0.3) is 0 Å². The molecule has 4 nitrogen and oxygen atoms in total. The van der Waals surface area contributed by atoms with Crippen molar-refractivity contribution in [1.82, 2.24) is 5.32 Å². The van der Waals surface area contributed by atoms with Gasteiger partial charge in [0, 0.05) is 18.7 Å². The third kappa shape index (κ3) is 6.36. The van der Waals surface area contributed by atoms with Crippen LogP contribution >= 0.6 is 0 Å². The largest absolute Gasteiger partial charge is 0.489 e. The number of aliphatic hydroxyl groups excluding tert-OH is 1. The van der Waals surface area contributed by atoms with E-state index in [1.165, 1.54) is 6.07 Å². The Morgan fingerprint density at radius 1 is 1.04 bits per heavy atom. The van der Waals surface area contributed by atoms with Gasteiger partial charge in [-0.25, -0.2) is 4.39 Å². The second kappa shape index (κ2) is 9.94. The minimum Gasteiger partial charge on any atom is -0.489 e. The highest BCUT2D eigenvalue weighted by atomic mass is 19.1. The van der Waals surface area contributed by atoms with Crippen LogP contribution in [0.15, 0.2) is 48.5 Å². The zero-order valence-electron chi connectivity index (χ0n) is 13.0. The van der Waals surface area contributed by atoms with Crippen LogP contribution in [-0.2, 0) is 17.9 Å². The molecule has 124 valence electrons. The highest BCUT2D eigenvalue weighted by Gasteiger charge is 2.02. The van der Waals surface area contributed by atoms with Gasteiger partial charge in [-0.2, -0.15) is 0 Å². The summed E-state index contributed by atoms with van der Waals surface area (Å²) in [5, 5.41) is 11.8. The summed E-state index contributed by atoms with van der Waals surface area (Å²) in [5.74, 6) is 0.456. The minimum atomic E-state index is -0.256. The second-order valence-electron chi connectivity index (χ2n) is 5.04. The smallest absolute Gasteiger partial charge is 0.129 e. The lowest BCUT2D eigenvalue weighted by molar-refractivity contribution is 0.0938. The standard InChI is InChI=1S/C18H22FNO3/c19-18-7-2-1-5-16(18)14-23-17-6-3-4-15(12-17)13-20-8-10-22-11-9-21/h1-7,12,20-21H,8-11,13-14H2. The number of hydrogen-bond acceptors (Lipinski definition) is 4. The first kappa shape index (κ1) is 17.4. The van der Waals surface area contributed by atoms with Crippen LogP contribution in [0.1, 0.15) is 11.1 Å². The molecule has 0 saturated heterocycles. The molecule has 2 N–H and O–H groups in total. The third-order valence-corrected chi connectivity index (χ3v) is 3.24. The molecule has 0 aromatic heterocycles. The quantitative estimate of drug-likeness (QED) is 0.661. The maximum absolute atomic E-state index is 13.5. The lowest BCUT2D eigenvalue weighted by Gasteiger charge is -2.10. The predicted molar refractivity (Wildman–Crippen MR) is 86.8 cm³/mol. The predicted octanol–water partition coefficient (Wildman–Crippen LogP) is 2.50. The number of aliphatic hydroxyl groups is 1. The molecule has 5 heteroatoms. The SMILES string of the molecule is OCCOCCNCc1cccc(OCc2ccccc2F)c1. The molecule has 0 atom stereocenters. The molecule has 2 aromatic rings. The summed E-state index contributed by atoms with van der Waals surface area (Å²) >= 11 is 0. The molecule has 0 aliphatic rings. The normalized spacial score (nSPS) is 10.7. The Kier molecular flexibility index (Phi) is 7.52. The Hall–Kier alpha value is -1.95. The number of ether oxygens (including phenoxy) is 2. The molecule has 0 spiro atoms. The van der Waals surface area contributed by atoms with Crippen LogP contribution in [0.25, 0.3) is 0 Å². The monoisotopic (exact) mass is 319 g/mol. The van der Waals surface area contributed by atoms with Crippen LogP contribution in [0, 0.1) is 5.82 Å². The zero-order valence-corrected chi connectivity index (χ0v) is 13.0. The van der Waals surface area contributed by atoms with E-state index in [0.29, 0.717) is 37.6 Å². The van der Waals surface area contributed by atoms with Crippen molar-refractivity contribution in [3.8, 4) is 5.75 Å². The Morgan fingerprint density at radius 3 is 2.74 bits per heavy atom. The fourth-order valence-corrected chi connectivity index (χ4v) is 2.07. The van der Waals surface area contributed by atoms with Gasteiger partial charge in [0.1, 0.15) is 18.2 Å². The first-order chi connectivity index (χ1) is 11.3. The van der Waals surface area contributed by atoms with E-state index < -0.39 is 0 Å². The summed E-state index contributed by atoms with van der Waals surface area (Å²) in [6, 6.07) is 14.3. The van der Waals surface area contributed by atoms with Crippen molar-refractivity contribution in [3.05, 3.63) is 65.5 Å². The van der Waals surface area contributed by atoms with Crippen LogP contribution in [0.3, 0.4) is 0 Å². The molecule has 0 fully saturated rings. The average molecular weight is 319 g/mol. The van der Waals surface area contributed by atoms with Crippen molar-refractivity contribution in [1.29, 1.82) is 0 Å². The lowest BCUT2D eigenvalue weighted by atomic mass is 10.2. The molecular weight excluding hydrogens is 297 g/mol. The average Bonchev–Trinajstić information content (AvgIpc) is 2.58. The van der Waals surface area contributed by atoms with Crippen LogP contribution in [0.4, 0.5) is 4.39 Å². The zero-order chi connectivity index (χ0) is 16.3. The summed E-state index contributed by atoms with van der Waals surface area (Å²) in [5.41, 5.74) is 1.62. The Balaban J connectivity index is 1.77. The summed E-state index contributed by atoms with van der Waals surface area (Å²) in [6.07, 6.45) is 0.